The Kier molecular flexibility index (Phi) is 4.10. The van der Waals surface area contributed by atoms with Crippen molar-refractivity contribution in [3.8, 4) is 0 Å². The highest BCUT2D eigenvalue weighted by molar-refractivity contribution is 7.51. The lowest BCUT2D eigenvalue weighted by atomic mass is 10.1. The molecule has 0 saturated heterocycles. The van der Waals surface area contributed by atoms with Crippen LogP contribution in [0.1, 0.15) is 27.2 Å². The Morgan fingerprint density at radius 2 is 1.92 bits per heavy atom. The quantitative estimate of drug-likeness (QED) is 0.532. The molecule has 0 aromatic rings. The zero-order valence-electron chi connectivity index (χ0n) is 7.98. The van der Waals surface area contributed by atoms with Crippen LogP contribution in [-0.2, 0) is 14.1 Å². The highest BCUT2D eigenvalue weighted by Gasteiger charge is 2.25. The average molecular weight is 210 g/mol. The number of ether oxygens (including phenoxy) is 1. The molecule has 0 fully saturated rings. The molecule has 0 rings (SSSR count). The lowest BCUT2D eigenvalue weighted by molar-refractivity contribution is -0.153. The van der Waals surface area contributed by atoms with Gasteiger partial charge < -0.3 is 14.5 Å². The van der Waals surface area contributed by atoms with Gasteiger partial charge in [0.25, 0.3) is 0 Å². The maximum atomic E-state index is 10.6. The summed E-state index contributed by atoms with van der Waals surface area (Å²) in [5.41, 5.74) is -0.813. The number of esters is 1. The topological polar surface area (TPSA) is 83.8 Å². The van der Waals surface area contributed by atoms with Gasteiger partial charge in [0.1, 0.15) is 5.60 Å². The summed E-state index contributed by atoms with van der Waals surface area (Å²) < 4.78 is 15.4. The van der Waals surface area contributed by atoms with Crippen molar-refractivity contribution in [2.24, 2.45) is 0 Å². The van der Waals surface area contributed by atoms with E-state index < -0.39 is 19.2 Å². The monoisotopic (exact) mass is 210 g/mol. The second-order valence-corrected chi connectivity index (χ2v) is 5.27. The zero-order chi connectivity index (χ0) is 10.7. The van der Waals surface area contributed by atoms with Crippen molar-refractivity contribution in [3.05, 3.63) is 0 Å². The molecule has 0 radical (unpaired) electrons. The molecular formula is C7H15O5P. The zero-order valence-corrected chi connectivity index (χ0v) is 8.88. The smallest absolute Gasteiger partial charge is 0.325 e. The summed E-state index contributed by atoms with van der Waals surface area (Å²) in [5.74, 6) is -0.448. The van der Waals surface area contributed by atoms with Crippen LogP contribution >= 0.6 is 7.60 Å². The first kappa shape index (κ1) is 12.6. The van der Waals surface area contributed by atoms with Crippen molar-refractivity contribution in [2.45, 2.75) is 32.8 Å². The molecule has 0 aliphatic carbocycles. The van der Waals surface area contributed by atoms with Crippen LogP contribution in [0.4, 0.5) is 0 Å². The lowest BCUT2D eigenvalue weighted by Gasteiger charge is -2.24. The number of carbonyl (C=O) groups excluding carboxylic acids is 1. The molecule has 0 aliphatic rings. The van der Waals surface area contributed by atoms with E-state index in [9.17, 15) is 9.36 Å². The largest absolute Gasteiger partial charge is 0.460 e. The Labute approximate surface area is 77.3 Å². The van der Waals surface area contributed by atoms with Crippen LogP contribution in [0.15, 0.2) is 0 Å². The Balaban J connectivity index is 4.03. The minimum Gasteiger partial charge on any atom is -0.460 e. The van der Waals surface area contributed by atoms with Crippen LogP contribution in [0, 0.1) is 0 Å². The Morgan fingerprint density at radius 3 is 2.23 bits per heavy atom. The van der Waals surface area contributed by atoms with Gasteiger partial charge in [0.2, 0.25) is 0 Å². The molecule has 13 heavy (non-hydrogen) atoms. The number of rotatable bonds is 4. The molecule has 78 valence electrons. The lowest BCUT2D eigenvalue weighted by Crippen LogP contribution is -2.28. The van der Waals surface area contributed by atoms with Crippen molar-refractivity contribution in [1.29, 1.82) is 0 Å². The molecule has 0 atom stereocenters. The first-order valence-corrected chi connectivity index (χ1v) is 5.66. The van der Waals surface area contributed by atoms with Gasteiger partial charge in [-0.05, 0) is 20.3 Å². The van der Waals surface area contributed by atoms with Gasteiger partial charge in [0.15, 0.2) is 0 Å². The molecule has 6 heteroatoms. The summed E-state index contributed by atoms with van der Waals surface area (Å²) in [6, 6.07) is 0. The van der Waals surface area contributed by atoms with E-state index in [1.807, 2.05) is 0 Å². The summed E-state index contributed by atoms with van der Waals surface area (Å²) in [6.07, 6.45) is -0.121. The van der Waals surface area contributed by atoms with Crippen LogP contribution < -0.4 is 0 Å². The fourth-order valence-corrected chi connectivity index (χ4v) is 1.68. The van der Waals surface area contributed by atoms with Gasteiger partial charge in [-0.1, -0.05) is 0 Å². The third-order valence-corrected chi connectivity index (χ3v) is 2.23. The van der Waals surface area contributed by atoms with E-state index in [0.717, 1.165) is 0 Å². The number of hydrogen-bond acceptors (Lipinski definition) is 3. The Bertz CT molecular complexity index is 229. The van der Waals surface area contributed by atoms with Crippen molar-refractivity contribution < 1.29 is 23.9 Å². The molecule has 0 amide bonds. The maximum absolute atomic E-state index is 10.6. The highest BCUT2D eigenvalue weighted by Crippen LogP contribution is 2.37. The Hall–Kier alpha value is -0.380. The van der Waals surface area contributed by atoms with Gasteiger partial charge in [-0.15, -0.1) is 0 Å². The van der Waals surface area contributed by atoms with Gasteiger partial charge in [0, 0.05) is 6.92 Å². The third kappa shape index (κ3) is 7.96. The second kappa shape index (κ2) is 4.22. The SMILES string of the molecule is CC(=O)OC(C)(C)CCP(=O)(O)O. The second-order valence-electron chi connectivity index (χ2n) is 3.49. The van der Waals surface area contributed by atoms with Gasteiger partial charge in [-0.25, -0.2) is 0 Å². The van der Waals surface area contributed by atoms with Gasteiger partial charge in [-0.2, -0.15) is 0 Å². The minimum atomic E-state index is -4.00. The number of hydrogen-bond donors (Lipinski definition) is 2. The standard InChI is InChI=1S/C7H15O5P/c1-6(8)12-7(2,3)4-5-13(9,10)11/h4-5H2,1-3H3,(H2,9,10,11). The van der Waals surface area contributed by atoms with E-state index in [2.05, 4.69) is 0 Å². The predicted molar refractivity (Wildman–Crippen MR) is 47.4 cm³/mol. The summed E-state index contributed by atoms with van der Waals surface area (Å²) in [5, 5.41) is 0. The van der Waals surface area contributed by atoms with Gasteiger partial charge >= 0.3 is 13.6 Å². The van der Waals surface area contributed by atoms with E-state index in [1.165, 1.54) is 6.92 Å². The minimum absolute atomic E-state index is 0.150. The molecule has 0 saturated carbocycles. The highest BCUT2D eigenvalue weighted by atomic mass is 31.2. The summed E-state index contributed by atoms with van der Waals surface area (Å²) in [4.78, 5) is 27.7. The fourth-order valence-electron chi connectivity index (χ4n) is 0.855. The summed E-state index contributed by atoms with van der Waals surface area (Å²) in [7, 11) is -4.00. The summed E-state index contributed by atoms with van der Waals surface area (Å²) in [6.45, 7) is 4.49. The van der Waals surface area contributed by atoms with Crippen molar-refractivity contribution >= 4 is 13.6 Å². The van der Waals surface area contributed by atoms with Crippen LogP contribution in [0.2, 0.25) is 0 Å². The van der Waals surface area contributed by atoms with Crippen LogP contribution in [-0.4, -0.2) is 27.5 Å². The molecule has 0 bridgehead atoms. The third-order valence-electron chi connectivity index (χ3n) is 1.43. The van der Waals surface area contributed by atoms with E-state index in [1.54, 1.807) is 13.8 Å². The molecule has 5 nitrogen and oxygen atoms in total. The molecule has 0 unspecified atom stereocenters. The molecule has 0 aromatic carbocycles. The normalized spacial score (nSPS) is 12.7. The molecule has 2 N–H and O–H groups in total. The molecular weight excluding hydrogens is 195 g/mol. The summed E-state index contributed by atoms with van der Waals surface area (Å²) >= 11 is 0. The van der Waals surface area contributed by atoms with E-state index >= 15 is 0 Å². The molecule has 0 aliphatic heterocycles. The fraction of sp³-hybridized carbons (Fsp3) is 0.857. The average Bonchev–Trinajstić information content (AvgIpc) is 1.79. The molecule has 0 heterocycles. The van der Waals surface area contributed by atoms with Crippen molar-refractivity contribution in [3.63, 3.8) is 0 Å². The Morgan fingerprint density at radius 1 is 1.46 bits per heavy atom. The first-order valence-electron chi connectivity index (χ1n) is 3.86. The first-order chi connectivity index (χ1) is 5.62. The van der Waals surface area contributed by atoms with E-state index in [0.29, 0.717) is 0 Å². The van der Waals surface area contributed by atoms with E-state index in [-0.39, 0.29) is 12.6 Å². The van der Waals surface area contributed by atoms with Gasteiger partial charge in [-0.3, -0.25) is 9.36 Å². The van der Waals surface area contributed by atoms with Crippen molar-refractivity contribution in [1.82, 2.24) is 0 Å². The molecule has 0 aromatic heterocycles. The molecule has 0 spiro atoms. The number of carbonyl (C=O) groups is 1. The van der Waals surface area contributed by atoms with Crippen LogP contribution in [0.25, 0.3) is 0 Å². The van der Waals surface area contributed by atoms with Gasteiger partial charge in [0.05, 0.1) is 6.16 Å². The van der Waals surface area contributed by atoms with Crippen LogP contribution in [0.3, 0.4) is 0 Å². The predicted octanol–water partition coefficient (Wildman–Crippen LogP) is 0.896. The van der Waals surface area contributed by atoms with Crippen LogP contribution in [0.5, 0.6) is 0 Å². The van der Waals surface area contributed by atoms with Crippen molar-refractivity contribution in [2.75, 3.05) is 6.16 Å². The van der Waals surface area contributed by atoms with E-state index in [4.69, 9.17) is 14.5 Å². The maximum Gasteiger partial charge on any atom is 0.325 e.